The molecular formula is C23H17FN4O4. The molecule has 0 radical (unpaired) electrons. The molecule has 0 amide bonds. The molecule has 32 heavy (non-hydrogen) atoms. The van der Waals surface area contributed by atoms with Gasteiger partial charge >= 0.3 is 5.97 Å². The van der Waals surface area contributed by atoms with E-state index in [-0.39, 0.29) is 13.2 Å². The molecule has 0 bridgehead atoms. The highest BCUT2D eigenvalue weighted by Crippen LogP contribution is 2.36. The lowest BCUT2D eigenvalue weighted by Gasteiger charge is -2.28. The molecule has 2 heterocycles. The summed E-state index contributed by atoms with van der Waals surface area (Å²) in [6, 6.07) is 18.7. The van der Waals surface area contributed by atoms with Crippen LogP contribution in [0.2, 0.25) is 0 Å². The van der Waals surface area contributed by atoms with Crippen molar-refractivity contribution in [2.24, 2.45) is 0 Å². The SMILES string of the molecule is O=C(OCc1cc(F)cc2c1OC(c1ccccc1)OC2)c1ccc(-n2cnnn2)cc1. The van der Waals surface area contributed by atoms with Crippen LogP contribution in [0.3, 0.4) is 0 Å². The van der Waals surface area contributed by atoms with Crippen molar-refractivity contribution in [1.29, 1.82) is 0 Å². The maximum atomic E-state index is 14.1. The van der Waals surface area contributed by atoms with Crippen molar-refractivity contribution >= 4 is 5.97 Å². The second kappa shape index (κ2) is 8.56. The summed E-state index contributed by atoms with van der Waals surface area (Å²) in [5.41, 5.74) is 2.88. The quantitative estimate of drug-likeness (QED) is 0.444. The van der Waals surface area contributed by atoms with Crippen LogP contribution in [0, 0.1) is 5.82 Å². The van der Waals surface area contributed by atoms with Crippen molar-refractivity contribution in [3.63, 3.8) is 0 Å². The van der Waals surface area contributed by atoms with Gasteiger partial charge in [0, 0.05) is 16.7 Å². The van der Waals surface area contributed by atoms with Gasteiger partial charge in [0.15, 0.2) is 0 Å². The molecule has 1 aliphatic rings. The van der Waals surface area contributed by atoms with Crippen LogP contribution in [0.5, 0.6) is 5.75 Å². The number of esters is 1. The van der Waals surface area contributed by atoms with Crippen LogP contribution in [-0.4, -0.2) is 26.2 Å². The van der Waals surface area contributed by atoms with Crippen LogP contribution >= 0.6 is 0 Å². The van der Waals surface area contributed by atoms with Crippen LogP contribution in [0.4, 0.5) is 4.39 Å². The fraction of sp³-hybridized carbons (Fsp3) is 0.130. The maximum Gasteiger partial charge on any atom is 0.338 e. The maximum absolute atomic E-state index is 14.1. The van der Waals surface area contributed by atoms with Gasteiger partial charge in [-0.05, 0) is 46.8 Å². The van der Waals surface area contributed by atoms with E-state index in [1.165, 1.54) is 23.1 Å². The first kappa shape index (κ1) is 19.8. The van der Waals surface area contributed by atoms with E-state index in [9.17, 15) is 9.18 Å². The van der Waals surface area contributed by atoms with Crippen molar-refractivity contribution in [2.75, 3.05) is 0 Å². The van der Waals surface area contributed by atoms with Crippen molar-refractivity contribution in [3.8, 4) is 11.4 Å². The molecule has 0 saturated carbocycles. The average Bonchev–Trinajstić information content (AvgIpc) is 3.38. The van der Waals surface area contributed by atoms with Crippen molar-refractivity contribution in [3.05, 3.63) is 101 Å². The van der Waals surface area contributed by atoms with Crippen LogP contribution in [-0.2, 0) is 22.7 Å². The summed E-state index contributed by atoms with van der Waals surface area (Å²) in [7, 11) is 0. The fourth-order valence-corrected chi connectivity index (χ4v) is 3.42. The standard InChI is InChI=1S/C23H17FN4O4/c24-19-10-17(21-18(11-19)13-31-23(32-21)16-4-2-1-3-5-16)12-30-22(29)15-6-8-20(9-7-15)28-14-25-26-27-28/h1-11,14,23H,12-13H2. The highest BCUT2D eigenvalue weighted by atomic mass is 19.1. The average molecular weight is 432 g/mol. The minimum absolute atomic E-state index is 0.144. The smallest absolute Gasteiger partial charge is 0.338 e. The highest BCUT2D eigenvalue weighted by Gasteiger charge is 2.25. The monoisotopic (exact) mass is 432 g/mol. The third-order valence-corrected chi connectivity index (χ3v) is 4.97. The molecule has 1 unspecified atom stereocenters. The Kier molecular flexibility index (Phi) is 5.30. The summed E-state index contributed by atoms with van der Waals surface area (Å²) < 4.78 is 32.8. The number of hydrogen-bond donors (Lipinski definition) is 0. The van der Waals surface area contributed by atoms with Crippen molar-refractivity contribution in [1.82, 2.24) is 20.2 Å². The van der Waals surface area contributed by atoms with Gasteiger partial charge in [-0.1, -0.05) is 30.3 Å². The largest absolute Gasteiger partial charge is 0.460 e. The number of nitrogens with zero attached hydrogens (tertiary/aromatic N) is 4. The van der Waals surface area contributed by atoms with Gasteiger partial charge < -0.3 is 14.2 Å². The van der Waals surface area contributed by atoms with Crippen LogP contribution in [0.15, 0.2) is 73.1 Å². The fourth-order valence-electron chi connectivity index (χ4n) is 3.42. The topological polar surface area (TPSA) is 88.4 Å². The molecule has 0 aliphatic carbocycles. The zero-order valence-electron chi connectivity index (χ0n) is 16.7. The molecule has 3 aromatic carbocycles. The summed E-state index contributed by atoms with van der Waals surface area (Å²) in [6.45, 7) is 0.0430. The first-order valence-electron chi connectivity index (χ1n) is 9.82. The van der Waals surface area contributed by atoms with Crippen molar-refractivity contribution < 1.29 is 23.4 Å². The van der Waals surface area contributed by atoms with Gasteiger partial charge in [0.05, 0.1) is 17.9 Å². The Hall–Kier alpha value is -4.11. The van der Waals surface area contributed by atoms with Gasteiger partial charge in [0.25, 0.3) is 0 Å². The number of benzene rings is 3. The lowest BCUT2D eigenvalue weighted by molar-refractivity contribution is -0.112. The first-order chi connectivity index (χ1) is 15.7. The summed E-state index contributed by atoms with van der Waals surface area (Å²) in [5, 5.41) is 10.9. The molecule has 9 heteroatoms. The number of fused-ring (bicyclic) bond motifs is 1. The van der Waals surface area contributed by atoms with Crippen LogP contribution < -0.4 is 4.74 Å². The number of carbonyl (C=O) groups is 1. The summed E-state index contributed by atoms with van der Waals surface area (Å²) in [4.78, 5) is 12.5. The van der Waals surface area contributed by atoms with Crippen LogP contribution in [0.1, 0.15) is 33.3 Å². The third-order valence-electron chi connectivity index (χ3n) is 4.97. The minimum atomic E-state index is -0.623. The van der Waals surface area contributed by atoms with E-state index in [4.69, 9.17) is 14.2 Å². The minimum Gasteiger partial charge on any atom is -0.460 e. The van der Waals surface area contributed by atoms with Gasteiger partial charge in [0.2, 0.25) is 6.29 Å². The second-order valence-electron chi connectivity index (χ2n) is 7.10. The lowest BCUT2D eigenvalue weighted by atomic mass is 10.1. The molecule has 1 aliphatic heterocycles. The molecule has 8 nitrogen and oxygen atoms in total. The predicted octanol–water partition coefficient (Wildman–Crippen LogP) is 3.77. The van der Waals surface area contributed by atoms with E-state index in [0.717, 1.165) is 5.56 Å². The zero-order valence-corrected chi connectivity index (χ0v) is 16.7. The van der Waals surface area contributed by atoms with E-state index < -0.39 is 18.1 Å². The molecule has 0 spiro atoms. The molecule has 0 N–H and O–H groups in total. The zero-order chi connectivity index (χ0) is 21.9. The molecule has 4 aromatic rings. The van der Waals surface area contributed by atoms with E-state index >= 15 is 0 Å². The highest BCUT2D eigenvalue weighted by molar-refractivity contribution is 5.89. The summed E-state index contributed by atoms with van der Waals surface area (Å²) in [5.74, 6) is -0.530. The Morgan fingerprint density at radius 2 is 1.94 bits per heavy atom. The normalized spacial score (nSPS) is 15.0. The van der Waals surface area contributed by atoms with Gasteiger partial charge in [-0.2, -0.15) is 0 Å². The molecule has 1 aromatic heterocycles. The van der Waals surface area contributed by atoms with Crippen molar-refractivity contribution in [2.45, 2.75) is 19.5 Å². The Labute approximate surface area is 182 Å². The molecule has 1 atom stereocenters. The Morgan fingerprint density at radius 1 is 1.12 bits per heavy atom. The van der Waals surface area contributed by atoms with E-state index in [1.807, 2.05) is 30.3 Å². The van der Waals surface area contributed by atoms with E-state index in [0.29, 0.717) is 28.1 Å². The van der Waals surface area contributed by atoms with Gasteiger partial charge in [-0.3, -0.25) is 0 Å². The summed E-state index contributed by atoms with van der Waals surface area (Å²) in [6.07, 6.45) is 0.828. The lowest BCUT2D eigenvalue weighted by Crippen LogP contribution is -2.20. The van der Waals surface area contributed by atoms with Gasteiger partial charge in [-0.25, -0.2) is 13.9 Å². The third kappa shape index (κ3) is 4.06. The second-order valence-corrected chi connectivity index (χ2v) is 7.10. The Bertz CT molecular complexity index is 1230. The number of ether oxygens (including phenoxy) is 3. The molecular weight excluding hydrogens is 415 g/mol. The Balaban J connectivity index is 1.31. The molecule has 0 saturated heterocycles. The molecule has 160 valence electrons. The number of carbonyl (C=O) groups excluding carboxylic acids is 1. The summed E-state index contributed by atoms with van der Waals surface area (Å²) >= 11 is 0. The molecule has 0 fully saturated rings. The number of hydrogen-bond acceptors (Lipinski definition) is 7. The van der Waals surface area contributed by atoms with Gasteiger partial charge in [-0.15, -0.1) is 5.10 Å². The van der Waals surface area contributed by atoms with E-state index in [1.54, 1.807) is 24.3 Å². The predicted molar refractivity (Wildman–Crippen MR) is 109 cm³/mol. The van der Waals surface area contributed by atoms with Crippen LogP contribution in [0.25, 0.3) is 5.69 Å². The van der Waals surface area contributed by atoms with Gasteiger partial charge in [0.1, 0.15) is 24.5 Å². The number of tetrazole rings is 1. The molecule has 5 rings (SSSR count). The Morgan fingerprint density at radius 3 is 2.69 bits per heavy atom. The first-order valence-corrected chi connectivity index (χ1v) is 9.82. The van der Waals surface area contributed by atoms with E-state index in [2.05, 4.69) is 15.5 Å². The number of rotatable bonds is 5. The number of aromatic nitrogens is 4. The number of halogens is 1.